The summed E-state index contributed by atoms with van der Waals surface area (Å²) in [4.78, 5) is 12.4. The Morgan fingerprint density at radius 2 is 1.88 bits per heavy atom. The Hall–Kier alpha value is -1.20. The molecule has 1 N–H and O–H groups in total. The summed E-state index contributed by atoms with van der Waals surface area (Å²) >= 11 is 1.38. The Bertz CT molecular complexity index is 459. The number of benzene rings is 1. The summed E-state index contributed by atoms with van der Waals surface area (Å²) in [5.41, 5.74) is 1.28. The molecule has 2 rings (SSSR count). The normalized spacial score (nSPS) is 14.4. The number of amides is 1. The van der Waals surface area contributed by atoms with Crippen LogP contribution in [-0.4, -0.2) is 26.4 Å². The molecule has 1 aromatic rings. The van der Waals surface area contributed by atoms with Crippen molar-refractivity contribution >= 4 is 18.1 Å². The maximum Gasteiger partial charge on any atom is 0.407 e. The topological polar surface area (TPSA) is 47.6 Å². The van der Waals surface area contributed by atoms with Gasteiger partial charge in [0.15, 0.2) is 0 Å². The summed E-state index contributed by atoms with van der Waals surface area (Å²) in [5.74, 6) is 0.678. The van der Waals surface area contributed by atoms with Gasteiger partial charge in [0.25, 0.3) is 0 Å². The van der Waals surface area contributed by atoms with Gasteiger partial charge in [0.2, 0.25) is 0 Å². The second kappa shape index (κ2) is 14.0. The predicted molar refractivity (Wildman–Crippen MR) is 105 cm³/mol. The predicted octanol–water partition coefficient (Wildman–Crippen LogP) is 5.74. The van der Waals surface area contributed by atoms with Crippen molar-refractivity contribution in [3.8, 4) is 0 Å². The highest BCUT2D eigenvalue weighted by molar-refractivity contribution is 7.94. The number of ether oxygens (including phenoxy) is 1. The van der Waals surface area contributed by atoms with Crippen LogP contribution in [0.4, 0.5) is 4.79 Å². The van der Waals surface area contributed by atoms with Gasteiger partial charge in [0.05, 0.1) is 13.7 Å². The van der Waals surface area contributed by atoms with Crippen LogP contribution in [0.25, 0.3) is 0 Å². The first kappa shape index (κ1) is 21.8. The smallest absolute Gasteiger partial charge is 0.407 e. The van der Waals surface area contributed by atoms with Crippen molar-refractivity contribution in [3.05, 3.63) is 29.8 Å². The van der Waals surface area contributed by atoms with E-state index in [0.29, 0.717) is 12.5 Å². The van der Waals surface area contributed by atoms with Crippen LogP contribution in [-0.2, 0) is 8.92 Å². The van der Waals surface area contributed by atoms with Gasteiger partial charge >= 0.3 is 6.09 Å². The average molecular weight is 368 g/mol. The van der Waals surface area contributed by atoms with E-state index in [-0.39, 0.29) is 6.09 Å². The van der Waals surface area contributed by atoms with Gasteiger partial charge in [-0.1, -0.05) is 50.3 Å². The molecule has 0 heterocycles. The molecule has 1 saturated carbocycles. The van der Waals surface area contributed by atoms with Gasteiger partial charge in [-0.15, -0.1) is 0 Å². The highest BCUT2D eigenvalue weighted by Gasteiger charge is 2.14. The van der Waals surface area contributed by atoms with E-state index in [9.17, 15) is 4.79 Å². The number of nitrogens with one attached hydrogen (secondary N) is 1. The number of aryl methyl sites for hydroxylation is 1. The molecular weight excluding hydrogens is 334 g/mol. The van der Waals surface area contributed by atoms with Crippen molar-refractivity contribution in [3.63, 3.8) is 0 Å². The summed E-state index contributed by atoms with van der Waals surface area (Å²) in [7, 11) is 1.67. The van der Waals surface area contributed by atoms with E-state index in [2.05, 4.69) is 31.3 Å². The average Bonchev–Trinajstić information content (AvgIpc) is 2.64. The van der Waals surface area contributed by atoms with Crippen LogP contribution in [0.2, 0.25) is 0 Å². The van der Waals surface area contributed by atoms with Crippen LogP contribution in [0.3, 0.4) is 0 Å². The number of unbranched alkanes of at least 4 members (excludes halogenated alkanes) is 1. The van der Waals surface area contributed by atoms with Crippen LogP contribution in [0.1, 0.15) is 57.4 Å². The van der Waals surface area contributed by atoms with Crippen LogP contribution in [0.15, 0.2) is 29.2 Å². The van der Waals surface area contributed by atoms with Crippen LogP contribution in [0.5, 0.6) is 0 Å². The monoisotopic (exact) mass is 367 g/mol. The fourth-order valence-corrected chi connectivity index (χ4v) is 3.11. The molecule has 4 nitrogen and oxygen atoms in total. The molecule has 25 heavy (non-hydrogen) atoms. The third-order valence-corrected chi connectivity index (χ3v) is 4.82. The van der Waals surface area contributed by atoms with E-state index < -0.39 is 0 Å². The molecular formula is C20H33NO3S. The van der Waals surface area contributed by atoms with E-state index >= 15 is 0 Å². The zero-order valence-electron chi connectivity index (χ0n) is 15.9. The Morgan fingerprint density at radius 1 is 1.20 bits per heavy atom. The van der Waals surface area contributed by atoms with Crippen molar-refractivity contribution in [1.29, 1.82) is 0 Å². The van der Waals surface area contributed by atoms with Gasteiger partial charge in [0.1, 0.15) is 0 Å². The molecule has 0 saturated heterocycles. The summed E-state index contributed by atoms with van der Waals surface area (Å²) < 4.78 is 9.91. The quantitative estimate of drug-likeness (QED) is 0.493. The Morgan fingerprint density at radius 3 is 2.48 bits per heavy atom. The van der Waals surface area contributed by atoms with Crippen molar-refractivity contribution < 1.29 is 13.7 Å². The number of carbonyl (C=O) groups excluding carboxylic acids is 1. The molecule has 1 amide bonds. The molecule has 1 aliphatic rings. The largest absolute Gasteiger partial charge is 0.450 e. The minimum absolute atomic E-state index is 0.242. The van der Waals surface area contributed by atoms with Crippen LogP contribution in [0, 0.1) is 12.8 Å². The first-order valence-electron chi connectivity index (χ1n) is 9.33. The summed E-state index contributed by atoms with van der Waals surface area (Å²) in [6.45, 7) is 5.50. The molecule has 0 aromatic heterocycles. The SMILES string of the molecule is CCCCOC(=O)NCC1CCCCC1.COSc1ccc(C)cc1. The lowest BCUT2D eigenvalue weighted by molar-refractivity contribution is 0.141. The third-order valence-electron chi connectivity index (χ3n) is 4.19. The molecule has 0 radical (unpaired) electrons. The number of alkyl carbamates (subject to hydrolysis) is 1. The molecule has 5 heteroatoms. The maximum atomic E-state index is 11.2. The molecule has 0 unspecified atom stereocenters. The van der Waals surface area contributed by atoms with Gasteiger partial charge in [-0.25, -0.2) is 4.79 Å². The van der Waals surface area contributed by atoms with E-state index in [0.717, 1.165) is 24.3 Å². The summed E-state index contributed by atoms with van der Waals surface area (Å²) in [6, 6.07) is 8.23. The Labute approximate surface area is 157 Å². The van der Waals surface area contributed by atoms with Gasteiger partial charge in [-0.2, -0.15) is 0 Å². The molecule has 0 atom stereocenters. The molecule has 0 aliphatic heterocycles. The fourth-order valence-electron chi connectivity index (χ4n) is 2.67. The lowest BCUT2D eigenvalue weighted by atomic mass is 9.89. The van der Waals surface area contributed by atoms with Crippen LogP contribution < -0.4 is 5.32 Å². The second-order valence-corrected chi connectivity index (χ2v) is 7.41. The molecule has 1 aliphatic carbocycles. The van der Waals surface area contributed by atoms with E-state index in [1.807, 2.05) is 12.1 Å². The standard InChI is InChI=1S/C12H23NO2.C8H10OS/c1-2-3-9-15-12(14)13-10-11-7-5-4-6-8-11;1-7-3-5-8(6-4-7)10-9-2/h11H,2-10H2,1H3,(H,13,14);3-6H,1-2H3. The molecule has 0 spiro atoms. The van der Waals surface area contributed by atoms with E-state index in [4.69, 9.17) is 8.92 Å². The van der Waals surface area contributed by atoms with Crippen molar-refractivity contribution in [2.45, 2.75) is 63.7 Å². The highest BCUT2D eigenvalue weighted by Crippen LogP contribution is 2.22. The highest BCUT2D eigenvalue weighted by atomic mass is 32.2. The second-order valence-electron chi connectivity index (χ2n) is 6.44. The summed E-state index contributed by atoms with van der Waals surface area (Å²) in [5, 5.41) is 2.85. The zero-order chi connectivity index (χ0) is 18.3. The Kier molecular flexibility index (Phi) is 12.2. The molecule has 1 aromatic carbocycles. The minimum atomic E-state index is -0.242. The van der Waals surface area contributed by atoms with Gasteiger partial charge in [-0.05, 0) is 44.2 Å². The molecule has 0 bridgehead atoms. The molecule has 142 valence electrons. The number of rotatable bonds is 7. The lowest BCUT2D eigenvalue weighted by Crippen LogP contribution is -2.30. The number of hydrogen-bond donors (Lipinski definition) is 1. The lowest BCUT2D eigenvalue weighted by Gasteiger charge is -2.21. The Balaban J connectivity index is 0.000000271. The molecule has 1 fully saturated rings. The van der Waals surface area contributed by atoms with Gasteiger partial charge in [0, 0.05) is 23.5 Å². The first-order valence-corrected chi connectivity index (χ1v) is 10.1. The summed E-state index contributed by atoms with van der Waals surface area (Å²) in [6.07, 6.45) is 8.29. The minimum Gasteiger partial charge on any atom is -0.450 e. The van der Waals surface area contributed by atoms with Gasteiger partial charge in [-0.3, -0.25) is 0 Å². The van der Waals surface area contributed by atoms with Crippen molar-refractivity contribution in [1.82, 2.24) is 5.32 Å². The van der Waals surface area contributed by atoms with Crippen molar-refractivity contribution in [2.24, 2.45) is 5.92 Å². The van der Waals surface area contributed by atoms with E-state index in [1.54, 1.807) is 7.11 Å². The third kappa shape index (κ3) is 11.1. The van der Waals surface area contributed by atoms with E-state index in [1.165, 1.54) is 49.7 Å². The first-order chi connectivity index (χ1) is 12.2. The number of hydrogen-bond acceptors (Lipinski definition) is 4. The zero-order valence-corrected chi connectivity index (χ0v) is 16.7. The number of carbonyl (C=O) groups is 1. The maximum absolute atomic E-state index is 11.2. The van der Waals surface area contributed by atoms with Crippen molar-refractivity contribution in [2.75, 3.05) is 20.3 Å². The van der Waals surface area contributed by atoms with Crippen LogP contribution >= 0.6 is 12.0 Å². The fraction of sp³-hybridized carbons (Fsp3) is 0.650. The van der Waals surface area contributed by atoms with Gasteiger partial charge < -0.3 is 14.2 Å².